The summed E-state index contributed by atoms with van der Waals surface area (Å²) in [6, 6.07) is 4.46. The number of hydrogen-bond donors (Lipinski definition) is 1. The molecule has 1 saturated heterocycles. The number of hydrogen-bond acceptors (Lipinski definition) is 4. The third-order valence-corrected chi connectivity index (χ3v) is 3.70. The summed E-state index contributed by atoms with van der Waals surface area (Å²) >= 11 is 0. The number of benzene rings is 1. The molecule has 1 heterocycles. The van der Waals surface area contributed by atoms with Crippen molar-refractivity contribution in [3.8, 4) is 0 Å². The number of amides is 1. The summed E-state index contributed by atoms with van der Waals surface area (Å²) in [6.45, 7) is 4.64. The average Bonchev–Trinajstić information content (AvgIpc) is 2.38. The molecule has 6 nitrogen and oxygen atoms in total. The van der Waals surface area contributed by atoms with E-state index < -0.39 is 10.8 Å². The summed E-state index contributed by atoms with van der Waals surface area (Å²) in [4.78, 5) is 24.0. The molecule has 0 aliphatic carbocycles. The van der Waals surface area contributed by atoms with Crippen molar-refractivity contribution in [3.63, 3.8) is 0 Å². The van der Waals surface area contributed by atoms with Crippen molar-refractivity contribution in [1.29, 1.82) is 0 Å². The van der Waals surface area contributed by atoms with Crippen molar-refractivity contribution >= 4 is 11.6 Å². The van der Waals surface area contributed by atoms with Crippen LogP contribution in [0.25, 0.3) is 0 Å². The van der Waals surface area contributed by atoms with Crippen LogP contribution in [0.5, 0.6) is 0 Å². The molecular weight excluding hydrogens is 258 g/mol. The number of piperidine rings is 1. The molecular formula is C14H19N3O3. The Kier molecular flexibility index (Phi) is 4.34. The smallest absolute Gasteiger partial charge is 0.274 e. The lowest BCUT2D eigenvalue weighted by molar-refractivity contribution is -0.385. The maximum Gasteiger partial charge on any atom is 0.274 e. The van der Waals surface area contributed by atoms with Crippen molar-refractivity contribution in [1.82, 2.24) is 4.90 Å². The van der Waals surface area contributed by atoms with Gasteiger partial charge in [0.2, 0.25) is 5.91 Å². The minimum Gasteiger partial charge on any atom is -0.366 e. The van der Waals surface area contributed by atoms with Gasteiger partial charge in [-0.05, 0) is 31.4 Å². The number of nitro groups is 1. The van der Waals surface area contributed by atoms with Crippen molar-refractivity contribution in [2.75, 3.05) is 13.1 Å². The van der Waals surface area contributed by atoms with Gasteiger partial charge in [-0.2, -0.15) is 0 Å². The lowest BCUT2D eigenvalue weighted by Crippen LogP contribution is -2.33. The fourth-order valence-electron chi connectivity index (χ4n) is 2.69. The summed E-state index contributed by atoms with van der Waals surface area (Å²) in [7, 11) is 0. The highest BCUT2D eigenvalue weighted by Gasteiger charge is 2.21. The molecule has 2 N–H and O–H groups in total. The third kappa shape index (κ3) is 3.33. The number of nitrogens with two attached hydrogens (primary N) is 1. The van der Waals surface area contributed by atoms with Crippen LogP contribution in [0.3, 0.4) is 0 Å². The third-order valence-electron chi connectivity index (χ3n) is 3.70. The molecule has 1 aliphatic rings. The predicted octanol–water partition coefficient (Wildman–Crippen LogP) is 1.93. The summed E-state index contributed by atoms with van der Waals surface area (Å²) in [5.41, 5.74) is 5.94. The van der Waals surface area contributed by atoms with Gasteiger partial charge in [0.15, 0.2) is 0 Å². The second kappa shape index (κ2) is 6.00. The maximum atomic E-state index is 11.1. The van der Waals surface area contributed by atoms with Crippen LogP contribution in [0, 0.1) is 16.0 Å². The zero-order valence-electron chi connectivity index (χ0n) is 11.5. The first-order chi connectivity index (χ1) is 9.47. The minimum atomic E-state index is -0.647. The van der Waals surface area contributed by atoms with Crippen LogP contribution >= 0.6 is 0 Å². The lowest BCUT2D eigenvalue weighted by Gasteiger charge is -2.30. The largest absolute Gasteiger partial charge is 0.366 e. The van der Waals surface area contributed by atoms with E-state index in [4.69, 9.17) is 5.73 Å². The molecule has 6 heteroatoms. The Hall–Kier alpha value is -1.95. The highest BCUT2D eigenvalue weighted by Crippen LogP contribution is 2.24. The Morgan fingerprint density at radius 2 is 2.30 bits per heavy atom. The molecule has 2 rings (SSSR count). The van der Waals surface area contributed by atoms with Crippen LogP contribution in [0.4, 0.5) is 5.69 Å². The van der Waals surface area contributed by atoms with Crippen LogP contribution in [0.2, 0.25) is 0 Å². The van der Waals surface area contributed by atoms with E-state index in [0.717, 1.165) is 19.5 Å². The SMILES string of the molecule is CC1CCCN(Cc2ccc(C(N)=O)cc2[N+](=O)[O-])C1. The topological polar surface area (TPSA) is 89.5 Å². The Balaban J connectivity index is 2.22. The van der Waals surface area contributed by atoms with Crippen LogP contribution in [0.15, 0.2) is 18.2 Å². The molecule has 0 saturated carbocycles. The van der Waals surface area contributed by atoms with Gasteiger partial charge in [0.05, 0.1) is 4.92 Å². The highest BCUT2D eigenvalue weighted by atomic mass is 16.6. The molecule has 1 unspecified atom stereocenters. The van der Waals surface area contributed by atoms with Crippen LogP contribution < -0.4 is 5.73 Å². The quantitative estimate of drug-likeness (QED) is 0.672. The molecule has 1 aliphatic heterocycles. The van der Waals surface area contributed by atoms with Gasteiger partial charge < -0.3 is 5.73 Å². The zero-order valence-corrected chi connectivity index (χ0v) is 11.5. The molecule has 0 bridgehead atoms. The Labute approximate surface area is 117 Å². The Morgan fingerprint density at radius 1 is 1.55 bits per heavy atom. The number of carbonyl (C=O) groups excluding carboxylic acids is 1. The summed E-state index contributed by atoms with van der Waals surface area (Å²) in [5.74, 6) is -0.0288. The van der Waals surface area contributed by atoms with Crippen LogP contribution in [-0.2, 0) is 6.54 Å². The molecule has 108 valence electrons. The standard InChI is InChI=1S/C14H19N3O3/c1-10-3-2-6-16(8-10)9-12-5-4-11(14(15)18)7-13(12)17(19)20/h4-5,7,10H,2-3,6,8-9H2,1H3,(H2,15,18). The van der Waals surface area contributed by atoms with Crippen LogP contribution in [0.1, 0.15) is 35.7 Å². The average molecular weight is 277 g/mol. The van der Waals surface area contributed by atoms with Crippen molar-refractivity contribution in [2.45, 2.75) is 26.3 Å². The molecule has 1 fully saturated rings. The molecule has 0 aromatic heterocycles. The molecule has 0 radical (unpaired) electrons. The van der Waals surface area contributed by atoms with Gasteiger partial charge in [0.25, 0.3) is 5.69 Å². The normalized spacial score (nSPS) is 19.8. The van der Waals surface area contributed by atoms with E-state index >= 15 is 0 Å². The number of carbonyl (C=O) groups is 1. The van der Waals surface area contributed by atoms with Crippen molar-refractivity contribution in [3.05, 3.63) is 39.4 Å². The van der Waals surface area contributed by atoms with E-state index in [9.17, 15) is 14.9 Å². The van der Waals surface area contributed by atoms with Gasteiger partial charge in [-0.1, -0.05) is 13.0 Å². The number of primary amides is 1. The fourth-order valence-corrected chi connectivity index (χ4v) is 2.69. The van der Waals surface area contributed by atoms with Gasteiger partial charge in [-0.3, -0.25) is 19.8 Å². The van der Waals surface area contributed by atoms with E-state index in [1.165, 1.54) is 12.5 Å². The maximum absolute atomic E-state index is 11.1. The first-order valence-electron chi connectivity index (χ1n) is 6.77. The van der Waals surface area contributed by atoms with Crippen LogP contribution in [-0.4, -0.2) is 28.8 Å². The first-order valence-corrected chi connectivity index (χ1v) is 6.77. The Bertz CT molecular complexity index is 530. The molecule has 1 atom stereocenters. The van der Waals surface area contributed by atoms with Gasteiger partial charge in [0.1, 0.15) is 0 Å². The zero-order chi connectivity index (χ0) is 14.7. The molecule has 1 aromatic rings. The second-order valence-corrected chi connectivity index (χ2v) is 5.45. The van der Waals surface area contributed by atoms with E-state index in [1.54, 1.807) is 12.1 Å². The van der Waals surface area contributed by atoms with Gasteiger partial charge in [-0.15, -0.1) is 0 Å². The number of nitro benzene ring substituents is 1. The van der Waals surface area contributed by atoms with E-state index in [2.05, 4.69) is 11.8 Å². The van der Waals surface area contributed by atoms with E-state index in [0.29, 0.717) is 18.0 Å². The number of nitrogens with zero attached hydrogens (tertiary/aromatic N) is 2. The van der Waals surface area contributed by atoms with Gasteiger partial charge in [0, 0.05) is 30.3 Å². The highest BCUT2D eigenvalue weighted by molar-refractivity contribution is 5.93. The fraction of sp³-hybridized carbons (Fsp3) is 0.500. The van der Waals surface area contributed by atoms with Gasteiger partial charge in [-0.25, -0.2) is 0 Å². The molecule has 1 aromatic carbocycles. The van der Waals surface area contributed by atoms with E-state index in [1.807, 2.05) is 0 Å². The first kappa shape index (κ1) is 14.5. The Morgan fingerprint density at radius 3 is 2.90 bits per heavy atom. The van der Waals surface area contributed by atoms with E-state index in [-0.39, 0.29) is 11.3 Å². The molecule has 0 spiro atoms. The summed E-state index contributed by atoms with van der Waals surface area (Å²) < 4.78 is 0. The number of likely N-dealkylation sites (tertiary alicyclic amines) is 1. The summed E-state index contributed by atoms with van der Waals surface area (Å²) in [6.07, 6.45) is 2.33. The van der Waals surface area contributed by atoms with Gasteiger partial charge >= 0.3 is 0 Å². The second-order valence-electron chi connectivity index (χ2n) is 5.45. The predicted molar refractivity (Wildman–Crippen MR) is 75.3 cm³/mol. The molecule has 20 heavy (non-hydrogen) atoms. The van der Waals surface area contributed by atoms with Crippen molar-refractivity contribution in [2.24, 2.45) is 11.7 Å². The lowest BCUT2D eigenvalue weighted by atomic mass is 9.99. The molecule has 1 amide bonds. The summed E-state index contributed by atoms with van der Waals surface area (Å²) in [5, 5.41) is 11.1. The minimum absolute atomic E-state index is 0.0282. The van der Waals surface area contributed by atoms with Crippen molar-refractivity contribution < 1.29 is 9.72 Å². The monoisotopic (exact) mass is 277 g/mol. The number of rotatable bonds is 4.